The third-order valence-electron chi connectivity index (χ3n) is 1.89. The van der Waals surface area contributed by atoms with Crippen LogP contribution in [0.2, 0.25) is 0 Å². The monoisotopic (exact) mass is 213 g/mol. The lowest BCUT2D eigenvalue weighted by Crippen LogP contribution is -2.22. The van der Waals surface area contributed by atoms with E-state index in [0.29, 0.717) is 6.54 Å². The largest absolute Gasteiger partial charge is 0.447 e. The lowest BCUT2D eigenvalue weighted by atomic mass is 10.5. The molecule has 0 saturated heterocycles. The zero-order valence-electron chi connectivity index (χ0n) is 9.40. The molecule has 1 rings (SSSR count). The first-order valence-electron chi connectivity index (χ1n) is 5.09. The molecule has 86 valence electrons. The Balaban J connectivity index is 1.85. The second-order valence-corrected chi connectivity index (χ2v) is 3.56. The Morgan fingerprint density at radius 1 is 1.47 bits per heavy atom. The highest BCUT2D eigenvalue weighted by Gasteiger charge is 1.95. The molecule has 15 heavy (non-hydrogen) atoms. The van der Waals surface area contributed by atoms with Crippen molar-refractivity contribution in [3.8, 4) is 0 Å². The Kier molecular flexibility index (Phi) is 5.99. The maximum Gasteiger partial charge on any atom is 0.180 e. The van der Waals surface area contributed by atoms with E-state index in [-0.39, 0.29) is 0 Å². The van der Waals surface area contributed by atoms with Gasteiger partial charge in [-0.3, -0.25) is 0 Å². The minimum Gasteiger partial charge on any atom is -0.447 e. The van der Waals surface area contributed by atoms with E-state index in [4.69, 9.17) is 9.15 Å². The molecule has 1 heterocycles. The van der Waals surface area contributed by atoms with Gasteiger partial charge in [0.1, 0.15) is 5.76 Å². The first-order chi connectivity index (χ1) is 7.29. The second kappa shape index (κ2) is 7.39. The molecule has 0 aromatic carbocycles. The van der Waals surface area contributed by atoms with Gasteiger partial charge in [0, 0.05) is 13.1 Å². The van der Waals surface area contributed by atoms with Crippen LogP contribution in [0.5, 0.6) is 0 Å². The number of hydrogen-bond acceptors (Lipinski definition) is 5. The van der Waals surface area contributed by atoms with Crippen LogP contribution in [0.3, 0.4) is 0 Å². The number of aromatic nitrogens is 1. The summed E-state index contributed by atoms with van der Waals surface area (Å²) in [6.07, 6.45) is 3.14. The SMILES string of the molecule is CN(C)CCOCCNCc1cnco1. The molecule has 0 aliphatic carbocycles. The van der Waals surface area contributed by atoms with Gasteiger partial charge in [-0.25, -0.2) is 4.98 Å². The molecule has 0 radical (unpaired) electrons. The van der Waals surface area contributed by atoms with E-state index < -0.39 is 0 Å². The summed E-state index contributed by atoms with van der Waals surface area (Å²) >= 11 is 0. The van der Waals surface area contributed by atoms with Crippen LogP contribution in [0.1, 0.15) is 5.76 Å². The van der Waals surface area contributed by atoms with Gasteiger partial charge in [-0.1, -0.05) is 0 Å². The van der Waals surface area contributed by atoms with Crippen molar-refractivity contribution in [2.24, 2.45) is 0 Å². The molecule has 0 saturated carbocycles. The molecule has 0 atom stereocenters. The van der Waals surface area contributed by atoms with Crippen molar-refractivity contribution in [1.82, 2.24) is 15.2 Å². The predicted molar refractivity (Wildman–Crippen MR) is 57.6 cm³/mol. The summed E-state index contributed by atoms with van der Waals surface area (Å²) in [7, 11) is 4.07. The van der Waals surface area contributed by atoms with Crippen molar-refractivity contribution in [2.45, 2.75) is 6.54 Å². The molecule has 1 N–H and O–H groups in total. The maximum atomic E-state index is 5.41. The van der Waals surface area contributed by atoms with Crippen molar-refractivity contribution in [1.29, 1.82) is 0 Å². The molecule has 0 aliphatic heterocycles. The Hall–Kier alpha value is -0.910. The standard InChI is InChI=1S/C10H19N3O2/c1-13(2)4-6-14-5-3-11-7-10-8-12-9-15-10/h8-9,11H,3-7H2,1-2H3. The third kappa shape index (κ3) is 6.22. The van der Waals surface area contributed by atoms with Gasteiger partial charge >= 0.3 is 0 Å². The normalized spacial score (nSPS) is 11.1. The molecule has 5 nitrogen and oxygen atoms in total. The molecular weight excluding hydrogens is 194 g/mol. The van der Waals surface area contributed by atoms with Crippen molar-refractivity contribution < 1.29 is 9.15 Å². The van der Waals surface area contributed by atoms with Gasteiger partial charge in [0.05, 0.1) is 26.0 Å². The number of nitrogens with one attached hydrogen (secondary N) is 1. The van der Waals surface area contributed by atoms with Crippen LogP contribution in [0.25, 0.3) is 0 Å². The van der Waals surface area contributed by atoms with E-state index in [2.05, 4.69) is 15.2 Å². The number of likely N-dealkylation sites (N-methyl/N-ethyl adjacent to an activating group) is 1. The van der Waals surface area contributed by atoms with Crippen molar-refractivity contribution in [3.63, 3.8) is 0 Å². The van der Waals surface area contributed by atoms with Crippen LogP contribution in [0.15, 0.2) is 17.0 Å². The number of ether oxygens (including phenoxy) is 1. The quantitative estimate of drug-likeness (QED) is 0.631. The first kappa shape index (κ1) is 12.2. The van der Waals surface area contributed by atoms with Crippen LogP contribution >= 0.6 is 0 Å². The molecular formula is C10H19N3O2. The molecule has 0 spiro atoms. The summed E-state index contributed by atoms with van der Waals surface area (Å²) in [5.74, 6) is 0.850. The molecule has 0 bridgehead atoms. The molecule has 1 aromatic heterocycles. The molecule has 5 heteroatoms. The van der Waals surface area contributed by atoms with Crippen LogP contribution in [0.4, 0.5) is 0 Å². The van der Waals surface area contributed by atoms with Gasteiger partial charge in [-0.05, 0) is 14.1 Å². The summed E-state index contributed by atoms with van der Waals surface area (Å²) < 4.78 is 10.5. The Labute approximate surface area is 90.4 Å². The van der Waals surface area contributed by atoms with Crippen molar-refractivity contribution in [2.75, 3.05) is 40.4 Å². The first-order valence-corrected chi connectivity index (χ1v) is 5.09. The van der Waals surface area contributed by atoms with Crippen molar-refractivity contribution in [3.05, 3.63) is 18.4 Å². The van der Waals surface area contributed by atoms with Gasteiger partial charge in [0.2, 0.25) is 0 Å². The predicted octanol–water partition coefficient (Wildman–Crippen LogP) is 0.342. The maximum absolute atomic E-state index is 5.41. The van der Waals surface area contributed by atoms with Crippen LogP contribution < -0.4 is 5.32 Å². The summed E-state index contributed by atoms with van der Waals surface area (Å²) in [6.45, 7) is 3.99. The molecule has 1 aromatic rings. The highest BCUT2D eigenvalue weighted by atomic mass is 16.5. The number of rotatable bonds is 8. The van der Waals surface area contributed by atoms with Gasteiger partial charge in [0.25, 0.3) is 0 Å². The van der Waals surface area contributed by atoms with Gasteiger partial charge in [0.15, 0.2) is 6.39 Å². The smallest absolute Gasteiger partial charge is 0.180 e. The Morgan fingerprint density at radius 2 is 2.33 bits per heavy atom. The topological polar surface area (TPSA) is 50.5 Å². The number of hydrogen-bond donors (Lipinski definition) is 1. The second-order valence-electron chi connectivity index (χ2n) is 3.56. The van der Waals surface area contributed by atoms with E-state index in [1.807, 2.05) is 14.1 Å². The highest BCUT2D eigenvalue weighted by Crippen LogP contribution is 1.93. The minimum absolute atomic E-state index is 0.705. The fraction of sp³-hybridized carbons (Fsp3) is 0.700. The van der Waals surface area contributed by atoms with E-state index in [1.165, 1.54) is 6.39 Å². The highest BCUT2D eigenvalue weighted by molar-refractivity contribution is 4.86. The molecule has 0 amide bonds. The van der Waals surface area contributed by atoms with E-state index >= 15 is 0 Å². The third-order valence-corrected chi connectivity index (χ3v) is 1.89. The minimum atomic E-state index is 0.705. The molecule has 0 fully saturated rings. The average Bonchev–Trinajstić information content (AvgIpc) is 2.68. The zero-order valence-corrected chi connectivity index (χ0v) is 9.40. The Morgan fingerprint density at radius 3 is 3.00 bits per heavy atom. The molecule has 0 unspecified atom stereocenters. The van der Waals surface area contributed by atoms with Crippen LogP contribution in [-0.2, 0) is 11.3 Å². The summed E-state index contributed by atoms with van der Waals surface area (Å²) in [5, 5.41) is 3.20. The zero-order chi connectivity index (χ0) is 10.9. The lowest BCUT2D eigenvalue weighted by Gasteiger charge is -2.09. The van der Waals surface area contributed by atoms with Gasteiger partial charge < -0.3 is 19.4 Å². The fourth-order valence-corrected chi connectivity index (χ4v) is 1.03. The molecule has 0 aliphatic rings. The van der Waals surface area contributed by atoms with Crippen molar-refractivity contribution >= 4 is 0 Å². The van der Waals surface area contributed by atoms with Gasteiger partial charge in [-0.15, -0.1) is 0 Å². The van der Waals surface area contributed by atoms with Crippen LogP contribution in [-0.4, -0.2) is 50.3 Å². The summed E-state index contributed by atoms with van der Waals surface area (Å²) in [4.78, 5) is 5.93. The number of oxazole rings is 1. The fourth-order valence-electron chi connectivity index (χ4n) is 1.03. The summed E-state index contributed by atoms with van der Waals surface area (Å²) in [5.41, 5.74) is 0. The van der Waals surface area contributed by atoms with Gasteiger partial charge in [-0.2, -0.15) is 0 Å². The Bertz CT molecular complexity index is 237. The van der Waals surface area contributed by atoms with E-state index in [1.54, 1.807) is 6.20 Å². The van der Waals surface area contributed by atoms with Crippen LogP contribution in [0, 0.1) is 0 Å². The lowest BCUT2D eigenvalue weighted by molar-refractivity contribution is 0.119. The number of nitrogens with zero attached hydrogens (tertiary/aromatic N) is 2. The van der Waals surface area contributed by atoms with E-state index in [0.717, 1.165) is 32.1 Å². The van der Waals surface area contributed by atoms with E-state index in [9.17, 15) is 0 Å². The average molecular weight is 213 g/mol. The summed E-state index contributed by atoms with van der Waals surface area (Å²) in [6, 6.07) is 0.